The second-order valence-corrected chi connectivity index (χ2v) is 23.4. The highest BCUT2D eigenvalue weighted by Crippen LogP contribution is 2.37. The van der Waals surface area contributed by atoms with Crippen LogP contribution in [0.25, 0.3) is 10.9 Å². The summed E-state index contributed by atoms with van der Waals surface area (Å²) in [4.78, 5) is 155. The second kappa shape index (κ2) is 30.5. The van der Waals surface area contributed by atoms with Crippen LogP contribution in [-0.4, -0.2) is 182 Å². The number of rotatable bonds is 19. The summed E-state index contributed by atoms with van der Waals surface area (Å²) < 4.78 is 21.1. The molecular formula is C53H77N9O16S2. The molecule has 0 radical (unpaired) electrons. The number of hydrogen-bond acceptors (Lipinski definition) is 17. The summed E-state index contributed by atoms with van der Waals surface area (Å²) in [5, 5.41) is 47.7. The molecule has 2 bridgehead atoms. The average molecular weight is 1160 g/mol. The van der Waals surface area contributed by atoms with E-state index in [4.69, 9.17) is 10.5 Å². The first-order chi connectivity index (χ1) is 38.0. The number of aliphatic hydroxyl groups is 3. The molecule has 1 saturated heterocycles. The predicted molar refractivity (Wildman–Crippen MR) is 292 cm³/mol. The van der Waals surface area contributed by atoms with E-state index >= 15 is 4.21 Å². The van der Waals surface area contributed by atoms with Crippen molar-refractivity contribution in [2.75, 3.05) is 51.4 Å². The number of methoxy groups -OCH3 is 1. The SMILES string of the molecule is CC[C@H](C)[C@@H]1CC(=O)CNC(=O)[C@H]2CC(=O)[C@H]([C@@H](C)[C@@H](O)CO)NC(=O)[C@@H]3C[C@@H](O)CN3C(=O)[C@H](CC(N)=O)NC(=O)[C@H](CS(=O)c3[nH]c4c(CSCCCCNC(=O)CCCC(C)=O)c(OC)ccc4c3C2)NC(=O)CNC1=O. The largest absolute Gasteiger partial charge is 0.496 e. The van der Waals surface area contributed by atoms with Gasteiger partial charge in [0.15, 0.2) is 11.6 Å². The van der Waals surface area contributed by atoms with E-state index in [0.29, 0.717) is 72.4 Å². The number of carbonyl (C=O) groups is 11. The number of aromatic amines is 1. The zero-order chi connectivity index (χ0) is 59.0. The number of amides is 8. The summed E-state index contributed by atoms with van der Waals surface area (Å²) >= 11 is 1.51. The number of carbonyl (C=O) groups excluding carboxylic acids is 11. The van der Waals surface area contributed by atoms with Crippen LogP contribution in [0.1, 0.15) is 103 Å². The predicted octanol–water partition coefficient (Wildman–Crippen LogP) is -1.55. The van der Waals surface area contributed by atoms with Crippen LogP contribution in [0, 0.1) is 23.7 Å². The maximum Gasteiger partial charge on any atom is 0.246 e. The fourth-order valence-corrected chi connectivity index (χ4v) is 12.5. The third kappa shape index (κ3) is 17.6. The highest BCUT2D eigenvalue weighted by molar-refractivity contribution is 7.98. The Morgan fingerprint density at radius 1 is 0.925 bits per heavy atom. The zero-order valence-electron chi connectivity index (χ0n) is 45.9. The van der Waals surface area contributed by atoms with Crippen LogP contribution >= 0.6 is 11.8 Å². The van der Waals surface area contributed by atoms with Gasteiger partial charge < -0.3 is 72.4 Å². The summed E-state index contributed by atoms with van der Waals surface area (Å²) in [7, 11) is -0.942. The Hall–Kier alpha value is -6.29. The number of thioether (sulfide) groups is 1. The minimum Gasteiger partial charge on any atom is -0.496 e. The van der Waals surface area contributed by atoms with Crippen LogP contribution in [0.2, 0.25) is 0 Å². The maximum atomic E-state index is 15.3. The molecule has 1 fully saturated rings. The Morgan fingerprint density at radius 3 is 2.33 bits per heavy atom. The van der Waals surface area contributed by atoms with Gasteiger partial charge in [-0.15, -0.1) is 0 Å². The molecule has 0 saturated carbocycles. The van der Waals surface area contributed by atoms with Crippen LogP contribution in [0.3, 0.4) is 0 Å². The molecule has 1 aromatic carbocycles. The first-order valence-electron chi connectivity index (χ1n) is 27.0. The molecule has 442 valence electrons. The van der Waals surface area contributed by atoms with Gasteiger partial charge in [0, 0.05) is 79.6 Å². The number of nitrogens with two attached hydrogens (primary N) is 1. The molecule has 80 heavy (non-hydrogen) atoms. The minimum absolute atomic E-state index is 0.00897. The Kier molecular flexibility index (Phi) is 24.6. The van der Waals surface area contributed by atoms with E-state index in [9.17, 15) is 68.1 Å². The standard InChI is InChI=1S/C53H77N9O16S2/c1-6-27(2)34-18-31(65)21-56-48(72)30-16-35-33-12-13-42(78-5)36(25-79-15-8-7-14-55-44(70)11-9-10-28(3)64)47(33)61-52(35)80(77)26-38(58-45(71)22-57-49(34)73)50(74)59-37(20-43(54)69)53(76)62-23-32(66)19-39(62)51(75)60-46(40(67)17-30)29(4)41(68)24-63/h12-13,27,29-30,32,34,37-39,41,46,61,63,66,68H,6-11,14-26H2,1-5H3,(H2,54,69)(H,55,70)(H,56,72)(H,57,73)(H,58,71)(H,59,74)(H,60,75)/t27-,29-,30+,32+,34-,37-,38-,39-,41-,46-,80?/m0/s1. The third-order valence-electron chi connectivity index (χ3n) is 14.9. The molecule has 2 aromatic rings. The summed E-state index contributed by atoms with van der Waals surface area (Å²) in [5.41, 5.74) is 6.75. The van der Waals surface area contributed by atoms with Crippen molar-refractivity contribution in [1.29, 1.82) is 0 Å². The lowest BCUT2D eigenvalue weighted by Crippen LogP contribution is -2.60. The number of aliphatic hydroxyl groups excluding tert-OH is 3. The van der Waals surface area contributed by atoms with Gasteiger partial charge in [-0.3, -0.25) is 52.2 Å². The van der Waals surface area contributed by atoms with E-state index < -0.39 is 181 Å². The quantitative estimate of drug-likeness (QED) is 0.0710. The number of Topliss-reactive ketones (excluding diaryl/α,β-unsaturated/α-hetero) is 3. The van der Waals surface area contributed by atoms with Crippen molar-refractivity contribution in [3.05, 3.63) is 23.3 Å². The summed E-state index contributed by atoms with van der Waals surface area (Å²) in [6, 6.07) is -3.61. The van der Waals surface area contributed by atoms with E-state index in [0.717, 1.165) is 4.90 Å². The number of benzene rings is 1. The zero-order valence-corrected chi connectivity index (χ0v) is 47.5. The van der Waals surface area contributed by atoms with Crippen molar-refractivity contribution in [3.8, 4) is 5.75 Å². The van der Waals surface area contributed by atoms with Crippen molar-refractivity contribution < 1.29 is 77.0 Å². The van der Waals surface area contributed by atoms with E-state index in [1.165, 1.54) is 32.7 Å². The number of hydrogen-bond donors (Lipinski definition) is 11. The van der Waals surface area contributed by atoms with Gasteiger partial charge in [0.1, 0.15) is 34.7 Å². The number of fused-ring (bicyclic) bond motifs is 5. The molecule has 1 aromatic heterocycles. The Labute approximate surface area is 470 Å². The second-order valence-electron chi connectivity index (χ2n) is 20.9. The summed E-state index contributed by atoms with van der Waals surface area (Å²) in [6.07, 6.45) is -2.94. The Balaban J connectivity index is 1.68. The third-order valence-corrected chi connectivity index (χ3v) is 17.4. The van der Waals surface area contributed by atoms with Crippen LogP contribution in [0.4, 0.5) is 0 Å². The maximum absolute atomic E-state index is 15.3. The van der Waals surface area contributed by atoms with Crippen molar-refractivity contribution >= 4 is 98.1 Å². The number of H-pyrrole nitrogens is 1. The number of unbranched alkanes of at least 4 members (excludes halogenated alkanes) is 1. The molecule has 27 heteroatoms. The smallest absolute Gasteiger partial charge is 0.246 e. The van der Waals surface area contributed by atoms with Gasteiger partial charge in [0.05, 0.1) is 73.5 Å². The molecule has 11 atom stereocenters. The molecule has 3 aliphatic rings. The lowest BCUT2D eigenvalue weighted by Gasteiger charge is -2.32. The van der Waals surface area contributed by atoms with Gasteiger partial charge >= 0.3 is 0 Å². The summed E-state index contributed by atoms with van der Waals surface area (Å²) in [5.74, 6) is -12.0. The normalized spacial score (nSPS) is 25.2. The molecule has 1 unspecified atom stereocenters. The molecule has 0 spiro atoms. The molecule has 8 amide bonds. The van der Waals surface area contributed by atoms with Gasteiger partial charge in [-0.05, 0) is 62.0 Å². The lowest BCUT2D eigenvalue weighted by atomic mass is 9.85. The van der Waals surface area contributed by atoms with Gasteiger partial charge in [-0.2, -0.15) is 11.8 Å². The van der Waals surface area contributed by atoms with E-state index in [-0.39, 0.29) is 35.1 Å². The highest BCUT2D eigenvalue weighted by atomic mass is 32.2. The van der Waals surface area contributed by atoms with E-state index in [1.807, 2.05) is 0 Å². The monoisotopic (exact) mass is 1160 g/mol. The topological polar surface area (TPSA) is 392 Å². The molecular weight excluding hydrogens is 1080 g/mol. The number of ketones is 3. The first kappa shape index (κ1) is 64.5. The van der Waals surface area contributed by atoms with Crippen molar-refractivity contribution in [3.63, 3.8) is 0 Å². The van der Waals surface area contributed by atoms with Crippen LogP contribution in [-0.2, 0) is 75.7 Å². The minimum atomic E-state index is -2.39. The fraction of sp³-hybridized carbons (Fsp3) is 0.642. The number of nitrogens with one attached hydrogen (secondary N) is 7. The van der Waals surface area contributed by atoms with Gasteiger partial charge in [0.2, 0.25) is 47.3 Å². The molecule has 25 nitrogen and oxygen atoms in total. The number of ether oxygens (including phenoxy) is 1. The van der Waals surface area contributed by atoms with E-state index in [1.54, 1.807) is 26.0 Å². The first-order valence-corrected chi connectivity index (χ1v) is 29.4. The summed E-state index contributed by atoms with van der Waals surface area (Å²) in [6.45, 7) is 4.04. The molecule has 12 N–H and O–H groups in total. The number of aromatic nitrogens is 1. The molecule has 0 aliphatic carbocycles. The van der Waals surface area contributed by atoms with Crippen LogP contribution in [0.15, 0.2) is 17.2 Å². The molecule has 5 rings (SSSR count). The lowest BCUT2D eigenvalue weighted by molar-refractivity contribution is -0.144. The molecule has 3 aliphatic heterocycles. The van der Waals surface area contributed by atoms with Gasteiger partial charge in [0.25, 0.3) is 0 Å². The van der Waals surface area contributed by atoms with Gasteiger partial charge in [-0.1, -0.05) is 27.2 Å². The van der Waals surface area contributed by atoms with Crippen LogP contribution < -0.4 is 42.4 Å². The van der Waals surface area contributed by atoms with Gasteiger partial charge in [-0.25, -0.2) is 0 Å². The van der Waals surface area contributed by atoms with Crippen molar-refractivity contribution in [2.45, 2.75) is 145 Å². The van der Waals surface area contributed by atoms with Crippen molar-refractivity contribution in [2.24, 2.45) is 29.4 Å². The number of primary amides is 1. The van der Waals surface area contributed by atoms with Crippen molar-refractivity contribution in [1.82, 2.24) is 41.8 Å². The highest BCUT2D eigenvalue weighted by Gasteiger charge is 2.45. The fourth-order valence-electron chi connectivity index (χ4n) is 10.0. The Bertz CT molecular complexity index is 2670. The number of nitrogens with zero attached hydrogens (tertiary/aromatic N) is 1. The van der Waals surface area contributed by atoms with Crippen LogP contribution in [0.5, 0.6) is 5.75 Å². The molecule has 4 heterocycles. The van der Waals surface area contributed by atoms with E-state index in [2.05, 4.69) is 36.9 Å². The Morgan fingerprint density at radius 2 is 1.65 bits per heavy atom. The average Bonchev–Trinajstić information content (AvgIpc) is 4.00.